The van der Waals surface area contributed by atoms with E-state index in [2.05, 4.69) is 52.1 Å². The number of carbonyl (C=O) groups excluding carboxylic acids is 1. The molecule has 0 bridgehead atoms. The normalized spacial score (nSPS) is 12.5. The molecule has 3 aromatic rings. The standard InChI is InChI=1S/C27H32N2O2/c1-17-12-13-19-10-8-9-11-20(19)23(17)25(31)29-28-16-18-14-21(26(2,3)4)24(30)22(15-18)27(5,6)7/h8-16,30H,1-7H3,(H,29,31)/b28-16-. The lowest BCUT2D eigenvalue weighted by atomic mass is 9.78. The van der Waals surface area contributed by atoms with Crippen LogP contribution < -0.4 is 5.43 Å². The van der Waals surface area contributed by atoms with Crippen LogP contribution in [-0.4, -0.2) is 17.2 Å². The van der Waals surface area contributed by atoms with Crippen LogP contribution in [0.25, 0.3) is 10.8 Å². The number of hydrogen-bond acceptors (Lipinski definition) is 3. The number of phenols is 1. The van der Waals surface area contributed by atoms with Crippen LogP contribution in [0.1, 0.15) is 74.2 Å². The number of fused-ring (bicyclic) bond motifs is 1. The van der Waals surface area contributed by atoms with Gasteiger partial charge in [-0.3, -0.25) is 4.79 Å². The Bertz CT molecular complexity index is 1130. The maximum Gasteiger partial charge on any atom is 0.272 e. The largest absolute Gasteiger partial charge is 0.507 e. The predicted molar refractivity (Wildman–Crippen MR) is 129 cm³/mol. The van der Waals surface area contributed by atoms with Crippen LogP contribution in [0.4, 0.5) is 0 Å². The minimum absolute atomic E-state index is 0.225. The van der Waals surface area contributed by atoms with Gasteiger partial charge in [0.1, 0.15) is 5.75 Å². The van der Waals surface area contributed by atoms with Crippen molar-refractivity contribution >= 4 is 22.9 Å². The number of nitrogens with zero attached hydrogens (tertiary/aromatic N) is 1. The molecule has 0 spiro atoms. The summed E-state index contributed by atoms with van der Waals surface area (Å²) in [5.74, 6) is 0.0870. The monoisotopic (exact) mass is 416 g/mol. The van der Waals surface area contributed by atoms with Crippen molar-refractivity contribution in [1.29, 1.82) is 0 Å². The van der Waals surface area contributed by atoms with E-state index < -0.39 is 0 Å². The van der Waals surface area contributed by atoms with E-state index in [1.165, 1.54) is 0 Å². The third kappa shape index (κ3) is 4.79. The molecule has 4 heteroatoms. The Labute approximate surface area is 185 Å². The van der Waals surface area contributed by atoms with Crippen molar-refractivity contribution in [2.24, 2.45) is 5.10 Å². The van der Waals surface area contributed by atoms with Gasteiger partial charge in [0.05, 0.1) is 11.8 Å². The Morgan fingerprint density at radius 1 is 0.935 bits per heavy atom. The molecule has 0 fully saturated rings. The van der Waals surface area contributed by atoms with Crippen molar-refractivity contribution in [3.63, 3.8) is 0 Å². The fourth-order valence-electron chi connectivity index (χ4n) is 3.78. The SMILES string of the molecule is Cc1ccc2ccccc2c1C(=O)N/N=C\c1cc(C(C)(C)C)c(O)c(C(C)(C)C)c1. The highest BCUT2D eigenvalue weighted by atomic mass is 16.3. The molecule has 0 aromatic heterocycles. The van der Waals surface area contributed by atoms with Gasteiger partial charge >= 0.3 is 0 Å². The van der Waals surface area contributed by atoms with Crippen molar-refractivity contribution in [3.05, 3.63) is 76.3 Å². The Kier molecular flexibility index (Phi) is 5.95. The molecule has 0 saturated carbocycles. The van der Waals surface area contributed by atoms with Gasteiger partial charge in [-0.05, 0) is 51.8 Å². The summed E-state index contributed by atoms with van der Waals surface area (Å²) < 4.78 is 0. The van der Waals surface area contributed by atoms with E-state index in [4.69, 9.17) is 0 Å². The van der Waals surface area contributed by atoms with Crippen molar-refractivity contribution in [2.45, 2.75) is 59.3 Å². The molecule has 31 heavy (non-hydrogen) atoms. The summed E-state index contributed by atoms with van der Waals surface area (Å²) in [5.41, 5.74) is 6.32. The van der Waals surface area contributed by atoms with E-state index in [-0.39, 0.29) is 16.7 Å². The van der Waals surface area contributed by atoms with Crippen LogP contribution in [-0.2, 0) is 10.8 Å². The van der Waals surface area contributed by atoms with E-state index in [0.717, 1.165) is 33.0 Å². The zero-order chi connectivity index (χ0) is 23.0. The molecule has 1 amide bonds. The van der Waals surface area contributed by atoms with Crippen LogP contribution in [0.3, 0.4) is 0 Å². The average Bonchev–Trinajstić information content (AvgIpc) is 2.67. The molecule has 0 aliphatic carbocycles. The molecular weight excluding hydrogens is 384 g/mol. The zero-order valence-electron chi connectivity index (χ0n) is 19.5. The van der Waals surface area contributed by atoms with Gasteiger partial charge in [-0.2, -0.15) is 5.10 Å². The second-order valence-corrected chi connectivity index (χ2v) is 10.1. The van der Waals surface area contributed by atoms with Gasteiger partial charge in [-0.25, -0.2) is 5.43 Å². The van der Waals surface area contributed by atoms with E-state index in [0.29, 0.717) is 11.3 Å². The van der Waals surface area contributed by atoms with Gasteiger partial charge in [0.25, 0.3) is 5.91 Å². The second-order valence-electron chi connectivity index (χ2n) is 10.1. The molecule has 162 valence electrons. The highest BCUT2D eigenvalue weighted by Crippen LogP contribution is 2.39. The Hall–Kier alpha value is -3.14. The van der Waals surface area contributed by atoms with E-state index in [1.807, 2.05) is 55.5 Å². The first-order chi connectivity index (χ1) is 14.4. The van der Waals surface area contributed by atoms with E-state index in [9.17, 15) is 9.90 Å². The number of hydrazone groups is 1. The molecule has 0 heterocycles. The predicted octanol–water partition coefficient (Wildman–Crippen LogP) is 6.21. The van der Waals surface area contributed by atoms with Crippen LogP contribution in [0.5, 0.6) is 5.75 Å². The molecule has 0 atom stereocenters. The number of hydrogen-bond donors (Lipinski definition) is 2. The lowest BCUT2D eigenvalue weighted by Crippen LogP contribution is -2.20. The molecule has 0 aliphatic rings. The Morgan fingerprint density at radius 3 is 2.10 bits per heavy atom. The average molecular weight is 417 g/mol. The van der Waals surface area contributed by atoms with Crippen LogP contribution in [0.15, 0.2) is 53.6 Å². The number of aromatic hydroxyl groups is 1. The lowest BCUT2D eigenvalue weighted by Gasteiger charge is -2.27. The summed E-state index contributed by atoms with van der Waals surface area (Å²) >= 11 is 0. The highest BCUT2D eigenvalue weighted by molar-refractivity contribution is 6.08. The quantitative estimate of drug-likeness (QED) is 0.394. The summed E-state index contributed by atoms with van der Waals surface area (Å²) in [7, 11) is 0. The van der Waals surface area contributed by atoms with Crippen LogP contribution >= 0.6 is 0 Å². The molecule has 0 saturated heterocycles. The minimum atomic E-state index is -0.239. The van der Waals surface area contributed by atoms with Crippen molar-refractivity contribution in [3.8, 4) is 5.75 Å². The van der Waals surface area contributed by atoms with Crippen molar-refractivity contribution in [1.82, 2.24) is 5.43 Å². The molecule has 0 unspecified atom stereocenters. The second kappa shape index (κ2) is 8.18. The van der Waals surface area contributed by atoms with Gasteiger partial charge in [0.15, 0.2) is 0 Å². The van der Waals surface area contributed by atoms with Gasteiger partial charge < -0.3 is 5.11 Å². The molecule has 4 nitrogen and oxygen atoms in total. The fraction of sp³-hybridized carbons (Fsp3) is 0.333. The number of rotatable bonds is 3. The van der Waals surface area contributed by atoms with Gasteiger partial charge in [0.2, 0.25) is 0 Å². The molecule has 0 radical (unpaired) electrons. The molecule has 3 rings (SSSR count). The summed E-state index contributed by atoms with van der Waals surface area (Å²) in [6, 6.07) is 15.7. The minimum Gasteiger partial charge on any atom is -0.507 e. The van der Waals surface area contributed by atoms with Gasteiger partial charge in [-0.1, -0.05) is 77.9 Å². The fourth-order valence-corrected chi connectivity index (χ4v) is 3.78. The van der Waals surface area contributed by atoms with Crippen LogP contribution in [0.2, 0.25) is 0 Å². The first kappa shape index (κ1) is 22.5. The number of benzene rings is 3. The van der Waals surface area contributed by atoms with Crippen molar-refractivity contribution < 1.29 is 9.90 Å². The molecule has 0 aliphatic heterocycles. The third-order valence-corrected chi connectivity index (χ3v) is 5.49. The van der Waals surface area contributed by atoms with E-state index in [1.54, 1.807) is 6.21 Å². The summed E-state index contributed by atoms with van der Waals surface area (Å²) in [6.07, 6.45) is 1.64. The number of aryl methyl sites for hydroxylation is 1. The molecular formula is C27H32N2O2. The lowest BCUT2D eigenvalue weighted by molar-refractivity contribution is 0.0956. The number of nitrogens with one attached hydrogen (secondary N) is 1. The smallest absolute Gasteiger partial charge is 0.272 e. The molecule has 3 aromatic carbocycles. The summed E-state index contributed by atoms with van der Waals surface area (Å²) in [5, 5.41) is 17.0. The molecule has 2 N–H and O–H groups in total. The van der Waals surface area contributed by atoms with Gasteiger partial charge in [-0.15, -0.1) is 0 Å². The summed E-state index contributed by atoms with van der Waals surface area (Å²) in [6.45, 7) is 14.3. The van der Waals surface area contributed by atoms with E-state index >= 15 is 0 Å². The maximum atomic E-state index is 12.9. The first-order valence-corrected chi connectivity index (χ1v) is 10.6. The van der Waals surface area contributed by atoms with Crippen LogP contribution in [0, 0.1) is 6.92 Å². The zero-order valence-corrected chi connectivity index (χ0v) is 19.5. The Morgan fingerprint density at radius 2 is 1.52 bits per heavy atom. The first-order valence-electron chi connectivity index (χ1n) is 10.6. The van der Waals surface area contributed by atoms with Gasteiger partial charge in [0, 0.05) is 11.1 Å². The Balaban J connectivity index is 1.95. The number of phenolic OH excluding ortho intramolecular Hbond substituents is 1. The highest BCUT2D eigenvalue weighted by Gasteiger charge is 2.26. The topological polar surface area (TPSA) is 61.7 Å². The maximum absolute atomic E-state index is 12.9. The van der Waals surface area contributed by atoms with Crippen molar-refractivity contribution in [2.75, 3.05) is 0 Å². The number of amides is 1. The third-order valence-electron chi connectivity index (χ3n) is 5.49. The summed E-state index contributed by atoms with van der Waals surface area (Å²) in [4.78, 5) is 12.9. The number of carbonyl (C=O) groups is 1.